The van der Waals surface area contributed by atoms with Crippen molar-refractivity contribution in [2.45, 2.75) is 99.4 Å². The first-order chi connectivity index (χ1) is 25.2. The van der Waals surface area contributed by atoms with Crippen molar-refractivity contribution in [1.82, 2.24) is 19.9 Å². The predicted molar refractivity (Wildman–Crippen MR) is 191 cm³/mol. The van der Waals surface area contributed by atoms with Gasteiger partial charge >= 0.3 is 6.18 Å². The van der Waals surface area contributed by atoms with Crippen LogP contribution >= 0.6 is 0 Å². The van der Waals surface area contributed by atoms with Gasteiger partial charge in [-0.05, 0) is 81.2 Å². The topological polar surface area (TPSA) is 147 Å². The summed E-state index contributed by atoms with van der Waals surface area (Å²) in [7, 11) is -4.01. The molecule has 3 aromatic rings. The van der Waals surface area contributed by atoms with Gasteiger partial charge in [0.25, 0.3) is 5.91 Å². The van der Waals surface area contributed by atoms with Crippen LogP contribution in [0.25, 0.3) is 10.8 Å². The highest BCUT2D eigenvalue weighted by Gasteiger charge is 2.63. The minimum atomic E-state index is -4.59. The lowest BCUT2D eigenvalue weighted by molar-refractivity contribution is -0.140. The van der Waals surface area contributed by atoms with Crippen molar-refractivity contribution in [3.05, 3.63) is 78.5 Å². The predicted octanol–water partition coefficient (Wildman–Crippen LogP) is 5.48. The van der Waals surface area contributed by atoms with Crippen LogP contribution in [0.4, 0.5) is 18.9 Å². The van der Waals surface area contributed by atoms with E-state index < -0.39 is 73.9 Å². The Balaban J connectivity index is 1.21. The Morgan fingerprint density at radius 2 is 1.85 bits per heavy atom. The fraction of sp³-hybridized carbons (Fsp3) is 0.474. The van der Waals surface area contributed by atoms with Gasteiger partial charge in [0, 0.05) is 29.6 Å². The third-order valence-corrected chi connectivity index (χ3v) is 13.1. The summed E-state index contributed by atoms with van der Waals surface area (Å²) in [4.78, 5) is 48.4. The van der Waals surface area contributed by atoms with Crippen molar-refractivity contribution in [2.24, 2.45) is 5.92 Å². The number of hydrogen-bond acceptors (Lipinski definition) is 8. The van der Waals surface area contributed by atoms with Crippen LogP contribution in [0.15, 0.2) is 72.9 Å². The van der Waals surface area contributed by atoms with Gasteiger partial charge in [-0.1, -0.05) is 49.3 Å². The molecule has 0 bridgehead atoms. The number of rotatable bonds is 7. The van der Waals surface area contributed by atoms with Gasteiger partial charge in [-0.15, -0.1) is 0 Å². The monoisotopic (exact) mass is 753 g/mol. The van der Waals surface area contributed by atoms with Crippen molar-refractivity contribution < 1.29 is 40.7 Å². The number of nitrogens with zero attached hydrogens (tertiary/aromatic N) is 2. The van der Waals surface area contributed by atoms with Gasteiger partial charge in [-0.3, -0.25) is 19.1 Å². The number of allylic oxidation sites excluding steroid dienone is 1. The number of aromatic nitrogens is 1. The van der Waals surface area contributed by atoms with Crippen molar-refractivity contribution in [3.63, 3.8) is 0 Å². The number of carbonyl (C=O) groups excluding carboxylic acids is 3. The third-order valence-electron chi connectivity index (χ3n) is 10.9. The quantitative estimate of drug-likeness (QED) is 0.269. The molecule has 0 radical (unpaired) electrons. The zero-order valence-electron chi connectivity index (χ0n) is 29.2. The molecule has 3 heterocycles. The van der Waals surface area contributed by atoms with E-state index in [4.69, 9.17) is 4.74 Å². The van der Waals surface area contributed by atoms with Gasteiger partial charge in [0.1, 0.15) is 23.7 Å². The van der Waals surface area contributed by atoms with E-state index in [9.17, 15) is 36.0 Å². The fourth-order valence-corrected chi connectivity index (χ4v) is 8.59. The molecule has 2 aliphatic heterocycles. The van der Waals surface area contributed by atoms with Crippen molar-refractivity contribution in [1.29, 1.82) is 0 Å². The summed E-state index contributed by atoms with van der Waals surface area (Å²) < 4.78 is 74.6. The molecule has 4 aliphatic rings. The van der Waals surface area contributed by atoms with Crippen LogP contribution in [-0.2, 0) is 30.6 Å². The molecule has 11 nitrogen and oxygen atoms in total. The van der Waals surface area contributed by atoms with E-state index in [-0.39, 0.29) is 31.5 Å². The van der Waals surface area contributed by atoms with E-state index >= 15 is 0 Å². The Bertz CT molecular complexity index is 2050. The Morgan fingerprint density at radius 3 is 2.62 bits per heavy atom. The Kier molecular flexibility index (Phi) is 9.66. The van der Waals surface area contributed by atoms with E-state index in [1.807, 2.05) is 42.5 Å². The lowest BCUT2D eigenvalue weighted by atomic mass is 10.0. The molecule has 1 saturated heterocycles. The fourth-order valence-electron chi connectivity index (χ4n) is 7.28. The summed E-state index contributed by atoms with van der Waals surface area (Å²) >= 11 is 0. The molecule has 15 heteroatoms. The van der Waals surface area contributed by atoms with Crippen LogP contribution in [0.3, 0.4) is 0 Å². The second-order valence-corrected chi connectivity index (χ2v) is 17.0. The third kappa shape index (κ3) is 7.58. The average molecular weight is 754 g/mol. The molecule has 1 aromatic heterocycles. The minimum absolute atomic E-state index is 0.0212. The molecular weight excluding hydrogens is 712 g/mol. The van der Waals surface area contributed by atoms with Crippen LogP contribution in [0.2, 0.25) is 0 Å². The number of nitrogens with one attached hydrogen (secondary N) is 3. The molecule has 3 N–H and O–H groups in total. The Hall–Kier alpha value is -4.66. The van der Waals surface area contributed by atoms with Crippen LogP contribution in [0.1, 0.15) is 70.3 Å². The largest absolute Gasteiger partial charge is 0.472 e. The molecule has 7 rings (SSSR count). The van der Waals surface area contributed by atoms with E-state index in [1.165, 1.54) is 17.0 Å². The van der Waals surface area contributed by atoms with Crippen LogP contribution in [0.5, 0.6) is 5.88 Å². The van der Waals surface area contributed by atoms with E-state index in [0.717, 1.165) is 29.3 Å². The van der Waals surface area contributed by atoms with Crippen LogP contribution < -0.4 is 20.1 Å². The SMILES string of the molecule is CC1(S(=O)(=O)NC(=O)[C@@]23C[C@H]2C=CCCCCC[C@H](Nc2cccc(C(F)(F)F)c2)C(=O)N2C[C@H](Oc4nccc5ccccc45)C[C@H]2C(=O)N3)CC1. The normalized spacial score (nSPS) is 27.4. The summed E-state index contributed by atoms with van der Waals surface area (Å²) in [5, 5.41) is 7.47. The molecule has 3 amide bonds. The smallest absolute Gasteiger partial charge is 0.416 e. The highest BCUT2D eigenvalue weighted by molar-refractivity contribution is 7.91. The highest BCUT2D eigenvalue weighted by Crippen LogP contribution is 2.47. The molecular formula is C38H42F3N5O6S. The van der Waals surface area contributed by atoms with Crippen molar-refractivity contribution >= 4 is 44.2 Å². The first-order valence-electron chi connectivity index (χ1n) is 18.0. The van der Waals surface area contributed by atoms with Gasteiger partial charge in [-0.25, -0.2) is 13.4 Å². The molecule has 0 spiro atoms. The number of benzene rings is 2. The van der Waals surface area contributed by atoms with Crippen molar-refractivity contribution in [2.75, 3.05) is 11.9 Å². The lowest BCUT2D eigenvalue weighted by Crippen LogP contribution is -2.58. The van der Waals surface area contributed by atoms with E-state index in [1.54, 1.807) is 13.1 Å². The molecule has 53 heavy (non-hydrogen) atoms. The number of sulfonamides is 1. The number of hydrogen-bond donors (Lipinski definition) is 3. The molecule has 3 fully saturated rings. The second-order valence-electron chi connectivity index (χ2n) is 14.8. The van der Waals surface area contributed by atoms with Crippen molar-refractivity contribution in [3.8, 4) is 5.88 Å². The standard InChI is InChI=1S/C38H42F3N5O6S/c1-36(17-18-36)53(50,51)45-35(49)37-22-26(37)11-5-3-2-4-6-15-30(43-27-13-9-12-25(20-27)38(39,40)41)34(48)46-23-28(21-31(46)32(47)44-37)52-33-29-14-8-7-10-24(29)16-19-42-33/h5,7-14,16,19-20,26,28,30-31,43H,2-4,6,15,17-18,21-23H2,1H3,(H,44,47)(H,45,49)/t26-,28-,30+,31+,37-/m1/s1. The zero-order chi connectivity index (χ0) is 37.6. The summed E-state index contributed by atoms with van der Waals surface area (Å²) in [6.45, 7) is 1.52. The van der Waals surface area contributed by atoms with Crippen LogP contribution in [-0.4, -0.2) is 71.0 Å². The molecule has 2 aliphatic carbocycles. The molecule has 2 saturated carbocycles. The number of fused-ring (bicyclic) bond motifs is 3. The number of ether oxygens (including phenoxy) is 1. The Labute approximate surface area is 305 Å². The average Bonchev–Trinajstić information content (AvgIpc) is 4.00. The Morgan fingerprint density at radius 1 is 1.06 bits per heavy atom. The minimum Gasteiger partial charge on any atom is -0.472 e. The van der Waals surface area contributed by atoms with Gasteiger partial charge in [0.05, 0.1) is 16.9 Å². The molecule has 0 unspecified atom stereocenters. The van der Waals surface area contributed by atoms with E-state index in [0.29, 0.717) is 38.0 Å². The maximum atomic E-state index is 14.5. The second kappa shape index (κ2) is 14.0. The number of halogens is 3. The summed E-state index contributed by atoms with van der Waals surface area (Å²) in [6.07, 6.45) is 4.03. The maximum Gasteiger partial charge on any atom is 0.416 e. The number of pyridine rings is 1. The van der Waals surface area contributed by atoms with Gasteiger partial charge in [0.15, 0.2) is 0 Å². The highest BCUT2D eigenvalue weighted by atomic mass is 32.2. The molecule has 2 aromatic carbocycles. The number of anilines is 1. The van der Waals surface area contributed by atoms with Gasteiger partial charge < -0.3 is 20.3 Å². The lowest BCUT2D eigenvalue weighted by Gasteiger charge is -2.30. The number of amides is 3. The summed E-state index contributed by atoms with van der Waals surface area (Å²) in [5.41, 5.74) is -2.31. The molecule has 282 valence electrons. The number of alkyl halides is 3. The summed E-state index contributed by atoms with van der Waals surface area (Å²) in [5.74, 6) is -2.16. The zero-order valence-corrected chi connectivity index (χ0v) is 30.0. The summed E-state index contributed by atoms with van der Waals surface area (Å²) in [6, 6.07) is 11.8. The van der Waals surface area contributed by atoms with Gasteiger partial charge in [-0.2, -0.15) is 13.2 Å². The first kappa shape index (κ1) is 36.7. The van der Waals surface area contributed by atoms with E-state index in [2.05, 4.69) is 20.3 Å². The maximum absolute atomic E-state index is 14.5. The van der Waals surface area contributed by atoms with Gasteiger partial charge in [0.2, 0.25) is 27.7 Å². The first-order valence-corrected chi connectivity index (χ1v) is 19.5. The molecule has 5 atom stereocenters. The van der Waals surface area contributed by atoms with Crippen LogP contribution in [0, 0.1) is 5.92 Å². The number of carbonyl (C=O) groups is 3.